The molecule has 0 aliphatic carbocycles. The second-order valence-electron chi connectivity index (χ2n) is 12.2. The SMILES string of the molecule is CCCCCCc1ccc2cc1Oc1cc(c([N+](=O)[O-])cc1[N+](=O)[O-])Oc1ccc(CCCCCC)c(c1)Oc1cc(c([N+](=O)[O-])cc1[N+](=O)[O-])O2. The zero-order valence-electron chi connectivity index (χ0n) is 28.5. The molecule has 0 spiro atoms. The van der Waals surface area contributed by atoms with Crippen molar-refractivity contribution in [3.05, 3.63) is 112 Å². The van der Waals surface area contributed by atoms with E-state index in [1.807, 2.05) is 0 Å². The Hall–Kier alpha value is -6.32. The smallest absolute Gasteiger partial charge is 0.318 e. The molecule has 4 aromatic carbocycles. The van der Waals surface area contributed by atoms with E-state index in [1.54, 1.807) is 12.1 Å². The van der Waals surface area contributed by atoms with E-state index in [0.29, 0.717) is 24.0 Å². The first-order chi connectivity index (χ1) is 25.0. The molecule has 0 saturated heterocycles. The molecule has 4 aromatic rings. The molecule has 8 bridgehead atoms. The maximum atomic E-state index is 12.2. The first kappa shape index (κ1) is 36.9. The lowest BCUT2D eigenvalue weighted by molar-refractivity contribution is -0.395. The number of benzene rings is 4. The molecule has 0 atom stereocenters. The predicted molar refractivity (Wildman–Crippen MR) is 188 cm³/mol. The van der Waals surface area contributed by atoms with E-state index in [2.05, 4.69) is 13.8 Å². The molecular weight excluding hydrogens is 680 g/mol. The lowest BCUT2D eigenvalue weighted by Gasteiger charge is -2.17. The summed E-state index contributed by atoms with van der Waals surface area (Å²) in [6.45, 7) is 4.12. The Balaban J connectivity index is 1.75. The number of nitro groups is 4. The van der Waals surface area contributed by atoms with Crippen LogP contribution in [0.5, 0.6) is 46.0 Å². The third kappa shape index (κ3) is 8.69. The average Bonchev–Trinajstić information content (AvgIpc) is 3.09. The Bertz CT molecular complexity index is 1870. The number of rotatable bonds is 14. The van der Waals surface area contributed by atoms with Gasteiger partial charge in [-0.2, -0.15) is 0 Å². The van der Waals surface area contributed by atoms with Crippen LogP contribution in [0.25, 0.3) is 0 Å². The fraction of sp³-hybridized carbons (Fsp3) is 0.333. The maximum Gasteiger partial charge on any atom is 0.318 e. The highest BCUT2D eigenvalue weighted by Gasteiger charge is 2.31. The Morgan fingerprint density at radius 2 is 0.769 bits per heavy atom. The van der Waals surface area contributed by atoms with Gasteiger partial charge in [-0.05, 0) is 48.9 Å². The number of ether oxygens (including phenoxy) is 4. The van der Waals surface area contributed by atoms with Crippen LogP contribution in [0.2, 0.25) is 0 Å². The van der Waals surface area contributed by atoms with Gasteiger partial charge in [-0.1, -0.05) is 64.5 Å². The van der Waals surface area contributed by atoms with Gasteiger partial charge in [0.1, 0.15) is 35.1 Å². The number of hydrogen-bond donors (Lipinski definition) is 0. The molecule has 52 heavy (non-hydrogen) atoms. The van der Waals surface area contributed by atoms with Crippen molar-refractivity contribution in [3.63, 3.8) is 0 Å². The zero-order valence-corrected chi connectivity index (χ0v) is 28.5. The number of hydrogen-bond acceptors (Lipinski definition) is 12. The minimum Gasteiger partial charge on any atom is -0.450 e. The molecule has 272 valence electrons. The second kappa shape index (κ2) is 16.6. The molecule has 1 aliphatic heterocycles. The van der Waals surface area contributed by atoms with Crippen LogP contribution in [0.4, 0.5) is 22.7 Å². The van der Waals surface area contributed by atoms with Crippen LogP contribution < -0.4 is 18.9 Å². The molecule has 16 nitrogen and oxygen atoms in total. The largest absolute Gasteiger partial charge is 0.450 e. The standard InChI is InChI=1S/C36H36N4O12/c1-3-5-7-9-11-23-13-15-25-17-31(23)51-35-21-33(27(37(41)42)19-29(35)39(45)46)50-26-16-14-24(12-10-8-6-4-2)32(18-26)52-36-22-34(49-25)28(38(43)44)20-30(36)40(47)48/h13-22H,3-12H2,1-2H3. The molecule has 0 unspecified atom stereocenters. The van der Waals surface area contributed by atoms with E-state index >= 15 is 0 Å². The van der Waals surface area contributed by atoms with Crippen LogP contribution in [-0.4, -0.2) is 19.7 Å². The third-order valence-corrected chi connectivity index (χ3v) is 8.44. The molecular formula is C36H36N4O12. The molecule has 1 heterocycles. The van der Waals surface area contributed by atoms with Gasteiger partial charge in [0.25, 0.3) is 0 Å². The Morgan fingerprint density at radius 1 is 0.423 bits per heavy atom. The van der Waals surface area contributed by atoms with Crippen molar-refractivity contribution in [2.45, 2.75) is 78.1 Å². The summed E-state index contributed by atoms with van der Waals surface area (Å²) < 4.78 is 24.2. The van der Waals surface area contributed by atoms with Gasteiger partial charge in [-0.15, -0.1) is 0 Å². The third-order valence-electron chi connectivity index (χ3n) is 8.44. The van der Waals surface area contributed by atoms with Gasteiger partial charge in [0.05, 0.1) is 19.7 Å². The van der Waals surface area contributed by atoms with Gasteiger partial charge in [0.15, 0.2) is 0 Å². The minimum atomic E-state index is -0.820. The van der Waals surface area contributed by atoms with Gasteiger partial charge in [0.2, 0.25) is 23.0 Å². The van der Waals surface area contributed by atoms with E-state index in [4.69, 9.17) is 18.9 Å². The van der Waals surface area contributed by atoms with Gasteiger partial charge < -0.3 is 18.9 Å². The second-order valence-corrected chi connectivity index (χ2v) is 12.2. The van der Waals surface area contributed by atoms with Gasteiger partial charge in [-0.25, -0.2) is 0 Å². The molecule has 5 rings (SSSR count). The van der Waals surface area contributed by atoms with Crippen LogP contribution in [0, 0.1) is 40.5 Å². The maximum absolute atomic E-state index is 12.2. The highest BCUT2D eigenvalue weighted by Crippen LogP contribution is 2.47. The van der Waals surface area contributed by atoms with Gasteiger partial charge >= 0.3 is 22.7 Å². The van der Waals surface area contributed by atoms with Crippen molar-refractivity contribution < 1.29 is 38.6 Å². The Morgan fingerprint density at radius 3 is 1.10 bits per heavy atom. The summed E-state index contributed by atoms with van der Waals surface area (Å²) in [5.74, 6) is -1.31. The monoisotopic (exact) mass is 716 g/mol. The zero-order chi connectivity index (χ0) is 37.4. The van der Waals surface area contributed by atoms with Crippen LogP contribution in [0.1, 0.15) is 76.3 Å². The molecule has 0 saturated carbocycles. The van der Waals surface area contributed by atoms with Gasteiger partial charge in [-0.3, -0.25) is 40.5 Å². The number of nitro benzene ring substituents is 4. The summed E-state index contributed by atoms with van der Waals surface area (Å²) in [7, 11) is 0. The molecule has 0 N–H and O–H groups in total. The summed E-state index contributed by atoms with van der Waals surface area (Å²) in [5.41, 5.74) is -1.60. The Labute approximate surface area is 297 Å². The highest BCUT2D eigenvalue weighted by atomic mass is 16.6. The minimum absolute atomic E-state index is 0.00181. The molecule has 0 fully saturated rings. The molecule has 1 aliphatic rings. The molecule has 0 aromatic heterocycles. The van der Waals surface area contributed by atoms with Gasteiger partial charge in [0, 0.05) is 24.3 Å². The van der Waals surface area contributed by atoms with Crippen molar-refractivity contribution in [1.29, 1.82) is 0 Å². The number of nitrogens with zero attached hydrogens (tertiary/aromatic N) is 4. The van der Waals surface area contributed by atoms with Crippen molar-refractivity contribution in [1.82, 2.24) is 0 Å². The summed E-state index contributed by atoms with van der Waals surface area (Å²) >= 11 is 0. The summed E-state index contributed by atoms with van der Waals surface area (Å²) in [5, 5.41) is 48.7. The highest BCUT2D eigenvalue weighted by molar-refractivity contribution is 5.66. The number of unbranched alkanes of at least 4 members (excludes halogenated alkanes) is 6. The quantitative estimate of drug-likeness (QED) is 0.0596. The molecule has 0 radical (unpaired) electrons. The molecule has 0 amide bonds. The van der Waals surface area contributed by atoms with Crippen molar-refractivity contribution in [2.24, 2.45) is 0 Å². The van der Waals surface area contributed by atoms with Crippen molar-refractivity contribution in [2.75, 3.05) is 0 Å². The normalized spacial score (nSPS) is 11.7. The predicted octanol–water partition coefficient (Wildman–Crippen LogP) is 11.0. The van der Waals surface area contributed by atoms with Crippen LogP contribution >= 0.6 is 0 Å². The summed E-state index contributed by atoms with van der Waals surface area (Å²) in [4.78, 5) is 45.4. The van der Waals surface area contributed by atoms with E-state index in [1.165, 1.54) is 24.3 Å². The van der Waals surface area contributed by atoms with Crippen molar-refractivity contribution >= 4 is 22.7 Å². The first-order valence-electron chi connectivity index (χ1n) is 16.9. The average molecular weight is 717 g/mol. The first-order valence-corrected chi connectivity index (χ1v) is 16.9. The fourth-order valence-electron chi connectivity index (χ4n) is 5.75. The number of aryl methyl sites for hydroxylation is 2. The van der Waals surface area contributed by atoms with E-state index in [-0.39, 0.29) is 46.0 Å². The Kier molecular flexibility index (Phi) is 11.8. The number of fused-ring (bicyclic) bond motifs is 8. The van der Waals surface area contributed by atoms with E-state index < -0.39 is 42.4 Å². The summed E-state index contributed by atoms with van der Waals surface area (Å²) in [6.07, 6.45) is 8.16. The topological polar surface area (TPSA) is 209 Å². The van der Waals surface area contributed by atoms with E-state index in [0.717, 1.165) is 75.6 Å². The lowest BCUT2D eigenvalue weighted by atomic mass is 10.0. The molecule has 16 heteroatoms. The summed E-state index contributed by atoms with van der Waals surface area (Å²) in [6, 6.07) is 12.6. The van der Waals surface area contributed by atoms with Crippen molar-refractivity contribution in [3.8, 4) is 46.0 Å². The van der Waals surface area contributed by atoms with Crippen LogP contribution in [0.3, 0.4) is 0 Å². The lowest BCUT2D eigenvalue weighted by Crippen LogP contribution is -2.03. The van der Waals surface area contributed by atoms with E-state index in [9.17, 15) is 40.5 Å². The van der Waals surface area contributed by atoms with Crippen LogP contribution in [-0.2, 0) is 12.8 Å². The fourth-order valence-corrected chi connectivity index (χ4v) is 5.75. The van der Waals surface area contributed by atoms with Crippen LogP contribution in [0.15, 0.2) is 60.7 Å².